The van der Waals surface area contributed by atoms with Gasteiger partial charge in [-0.1, -0.05) is 36.2 Å². The minimum atomic E-state index is -3.46. The Balaban J connectivity index is 1.53. The van der Waals surface area contributed by atoms with Crippen molar-refractivity contribution in [1.82, 2.24) is 4.72 Å². The van der Waals surface area contributed by atoms with Crippen LogP contribution in [0.25, 0.3) is 0 Å². The van der Waals surface area contributed by atoms with Crippen LogP contribution in [0.5, 0.6) is 0 Å². The first kappa shape index (κ1) is 17.2. The molecule has 1 heterocycles. The van der Waals surface area contributed by atoms with Gasteiger partial charge in [-0.25, -0.2) is 13.1 Å². The molecule has 0 radical (unpaired) electrons. The van der Waals surface area contributed by atoms with Crippen LogP contribution in [0, 0.1) is 0 Å². The molecule has 128 valence electrons. The fourth-order valence-corrected chi connectivity index (χ4v) is 4.65. The van der Waals surface area contributed by atoms with Crippen molar-refractivity contribution < 1.29 is 17.9 Å². The van der Waals surface area contributed by atoms with E-state index in [0.717, 1.165) is 25.7 Å². The van der Waals surface area contributed by atoms with Crippen molar-refractivity contribution in [2.75, 3.05) is 13.2 Å². The zero-order valence-electron chi connectivity index (χ0n) is 13.0. The largest absolute Gasteiger partial charge is 0.347 e. The minimum absolute atomic E-state index is 0.134. The van der Waals surface area contributed by atoms with Gasteiger partial charge < -0.3 is 9.47 Å². The number of nitrogens with one attached hydrogen (secondary N) is 1. The van der Waals surface area contributed by atoms with Gasteiger partial charge in [0.2, 0.25) is 10.0 Å². The van der Waals surface area contributed by atoms with Crippen LogP contribution in [0.3, 0.4) is 0 Å². The minimum Gasteiger partial charge on any atom is -0.347 e. The van der Waals surface area contributed by atoms with Gasteiger partial charge in [-0.05, 0) is 24.5 Å². The average molecular weight is 360 g/mol. The summed E-state index contributed by atoms with van der Waals surface area (Å²) >= 11 is 6.02. The van der Waals surface area contributed by atoms with Gasteiger partial charge in [0.05, 0.1) is 18.5 Å². The van der Waals surface area contributed by atoms with Gasteiger partial charge in [-0.2, -0.15) is 0 Å². The van der Waals surface area contributed by atoms with Crippen LogP contribution in [-0.2, 0) is 25.2 Å². The molecule has 1 aromatic rings. The van der Waals surface area contributed by atoms with Gasteiger partial charge in [0.15, 0.2) is 5.79 Å². The molecule has 5 nitrogen and oxygen atoms in total. The summed E-state index contributed by atoms with van der Waals surface area (Å²) in [5.41, 5.74) is 0.592. The summed E-state index contributed by atoms with van der Waals surface area (Å²) in [7, 11) is -3.46. The van der Waals surface area contributed by atoms with E-state index in [2.05, 4.69) is 4.72 Å². The van der Waals surface area contributed by atoms with Gasteiger partial charge in [0, 0.05) is 24.4 Å². The molecule has 0 amide bonds. The molecular formula is C16H22ClNO4S. The van der Waals surface area contributed by atoms with Crippen molar-refractivity contribution in [3.8, 4) is 0 Å². The summed E-state index contributed by atoms with van der Waals surface area (Å²) in [5.74, 6) is -0.609. The summed E-state index contributed by atoms with van der Waals surface area (Å²) in [5, 5.41) is 0.458. The summed E-state index contributed by atoms with van der Waals surface area (Å²) < 4.78 is 38.8. The van der Waals surface area contributed by atoms with E-state index < -0.39 is 15.8 Å². The second-order valence-electron chi connectivity index (χ2n) is 6.22. The molecule has 3 rings (SSSR count). The summed E-state index contributed by atoms with van der Waals surface area (Å²) in [6, 6.07) is 6.96. The fraction of sp³-hybridized carbons (Fsp3) is 0.625. The molecule has 1 aromatic carbocycles. The van der Waals surface area contributed by atoms with Crippen molar-refractivity contribution in [2.45, 2.75) is 49.7 Å². The van der Waals surface area contributed by atoms with E-state index in [4.69, 9.17) is 21.1 Å². The number of sulfonamides is 1. The summed E-state index contributed by atoms with van der Waals surface area (Å²) in [6.07, 6.45) is 4.99. The Morgan fingerprint density at radius 2 is 1.96 bits per heavy atom. The Bertz CT molecular complexity index is 643. The molecule has 1 saturated carbocycles. The van der Waals surface area contributed by atoms with Crippen molar-refractivity contribution in [3.05, 3.63) is 34.9 Å². The van der Waals surface area contributed by atoms with E-state index in [0.29, 0.717) is 17.2 Å². The Morgan fingerprint density at radius 3 is 2.70 bits per heavy atom. The molecular weight excluding hydrogens is 338 g/mol. The molecule has 1 spiro atoms. The van der Waals surface area contributed by atoms with E-state index >= 15 is 0 Å². The van der Waals surface area contributed by atoms with E-state index in [-0.39, 0.29) is 18.4 Å². The highest BCUT2D eigenvalue weighted by Gasteiger charge is 2.42. The number of halogens is 1. The Kier molecular flexibility index (Phi) is 5.28. The third-order valence-corrected chi connectivity index (χ3v) is 6.03. The smallest absolute Gasteiger partial charge is 0.215 e. The topological polar surface area (TPSA) is 64.6 Å². The average Bonchev–Trinajstić information content (AvgIpc) is 2.91. The Morgan fingerprint density at radius 1 is 1.22 bits per heavy atom. The molecule has 1 aliphatic carbocycles. The molecule has 0 bridgehead atoms. The third-order valence-electron chi connectivity index (χ3n) is 4.36. The lowest BCUT2D eigenvalue weighted by Crippen LogP contribution is -2.37. The van der Waals surface area contributed by atoms with Gasteiger partial charge in [0.1, 0.15) is 0 Å². The van der Waals surface area contributed by atoms with Gasteiger partial charge in [-0.3, -0.25) is 0 Å². The normalized spacial score (nSPS) is 24.1. The second-order valence-corrected chi connectivity index (χ2v) is 8.44. The highest BCUT2D eigenvalue weighted by atomic mass is 35.5. The first-order valence-electron chi connectivity index (χ1n) is 8.01. The summed E-state index contributed by atoms with van der Waals surface area (Å²) in [4.78, 5) is 0. The zero-order chi connectivity index (χ0) is 16.3. The van der Waals surface area contributed by atoms with Crippen LogP contribution in [0.15, 0.2) is 24.3 Å². The highest BCUT2D eigenvalue weighted by molar-refractivity contribution is 7.88. The monoisotopic (exact) mass is 359 g/mol. The first-order valence-corrected chi connectivity index (χ1v) is 10.0. The molecule has 2 aliphatic rings. The molecule has 7 heteroatoms. The summed E-state index contributed by atoms with van der Waals surface area (Å²) in [6.45, 7) is 0.670. The maximum atomic E-state index is 12.2. The SMILES string of the molecule is O=S(=O)(Cc1ccccc1Cl)NC[C@H]1COC2(CCCCC2)O1. The van der Waals surface area contributed by atoms with Crippen LogP contribution < -0.4 is 4.72 Å². The quantitative estimate of drug-likeness (QED) is 0.878. The molecule has 1 atom stereocenters. The lowest BCUT2D eigenvalue weighted by molar-refractivity contribution is -0.186. The Labute approximate surface area is 142 Å². The van der Waals surface area contributed by atoms with E-state index in [1.54, 1.807) is 24.3 Å². The van der Waals surface area contributed by atoms with E-state index in [1.807, 2.05) is 0 Å². The molecule has 2 fully saturated rings. The third kappa shape index (κ3) is 4.45. The maximum absolute atomic E-state index is 12.2. The van der Waals surface area contributed by atoms with Crippen LogP contribution in [0.2, 0.25) is 5.02 Å². The first-order chi connectivity index (χ1) is 11.0. The lowest BCUT2D eigenvalue weighted by Gasteiger charge is -2.31. The number of hydrogen-bond donors (Lipinski definition) is 1. The van der Waals surface area contributed by atoms with Gasteiger partial charge in [0.25, 0.3) is 0 Å². The predicted octanol–water partition coefficient (Wildman–Crippen LogP) is 2.84. The van der Waals surface area contributed by atoms with Crippen molar-refractivity contribution in [1.29, 1.82) is 0 Å². The van der Waals surface area contributed by atoms with Crippen LogP contribution >= 0.6 is 11.6 Å². The molecule has 1 N–H and O–H groups in total. The standard InChI is InChI=1S/C16H22ClNO4S/c17-15-7-3-2-6-13(15)12-23(19,20)18-10-14-11-21-16(22-14)8-4-1-5-9-16/h2-3,6-7,14,18H,1,4-5,8-12H2/t14-/m0/s1. The second kappa shape index (κ2) is 7.07. The van der Waals surface area contributed by atoms with Crippen LogP contribution in [-0.4, -0.2) is 33.5 Å². The molecule has 0 aromatic heterocycles. The molecule has 1 saturated heterocycles. The zero-order valence-corrected chi connectivity index (χ0v) is 14.5. The number of benzene rings is 1. The van der Waals surface area contributed by atoms with Crippen molar-refractivity contribution >= 4 is 21.6 Å². The number of hydrogen-bond acceptors (Lipinski definition) is 4. The van der Waals surface area contributed by atoms with Crippen LogP contribution in [0.1, 0.15) is 37.7 Å². The molecule has 1 aliphatic heterocycles. The molecule has 0 unspecified atom stereocenters. The van der Waals surface area contributed by atoms with E-state index in [1.165, 1.54) is 6.42 Å². The lowest BCUT2D eigenvalue weighted by atomic mass is 9.94. The van der Waals surface area contributed by atoms with Gasteiger partial charge in [-0.15, -0.1) is 0 Å². The maximum Gasteiger partial charge on any atom is 0.215 e. The van der Waals surface area contributed by atoms with Crippen molar-refractivity contribution in [3.63, 3.8) is 0 Å². The van der Waals surface area contributed by atoms with Crippen LogP contribution in [0.4, 0.5) is 0 Å². The number of ether oxygens (including phenoxy) is 2. The Hall–Kier alpha value is -0.660. The molecule has 23 heavy (non-hydrogen) atoms. The number of rotatable bonds is 5. The predicted molar refractivity (Wildman–Crippen MR) is 88.7 cm³/mol. The van der Waals surface area contributed by atoms with Crippen molar-refractivity contribution in [2.24, 2.45) is 0 Å². The van der Waals surface area contributed by atoms with Gasteiger partial charge >= 0.3 is 0 Å². The highest BCUT2D eigenvalue weighted by Crippen LogP contribution is 2.37. The fourth-order valence-electron chi connectivity index (χ4n) is 3.16. The van der Waals surface area contributed by atoms with E-state index in [9.17, 15) is 8.42 Å².